The number of nitrogens with zero attached hydrogens (tertiary/aromatic N) is 2. The Kier molecular flexibility index (Phi) is 4.18. The van der Waals surface area contributed by atoms with Crippen molar-refractivity contribution in [2.45, 2.75) is 13.3 Å². The van der Waals surface area contributed by atoms with Crippen molar-refractivity contribution in [2.75, 3.05) is 6.61 Å². The van der Waals surface area contributed by atoms with E-state index in [0.717, 1.165) is 5.56 Å². The van der Waals surface area contributed by atoms with Gasteiger partial charge in [0.15, 0.2) is 0 Å². The van der Waals surface area contributed by atoms with Crippen LogP contribution in [0.25, 0.3) is 0 Å². The Balaban J connectivity index is 2.06. The Morgan fingerprint density at radius 3 is 2.42 bits per heavy atom. The van der Waals surface area contributed by atoms with Gasteiger partial charge in [-0.05, 0) is 24.6 Å². The molecule has 0 radical (unpaired) electrons. The third-order valence-corrected chi connectivity index (χ3v) is 2.49. The summed E-state index contributed by atoms with van der Waals surface area (Å²) in [7, 11) is 0. The van der Waals surface area contributed by atoms with Gasteiger partial charge in [-0.2, -0.15) is 0 Å². The minimum atomic E-state index is -0.434. The number of ether oxygens (including phenoxy) is 1. The quantitative estimate of drug-likeness (QED) is 0.792. The average Bonchev–Trinajstić information content (AvgIpc) is 2.42. The van der Waals surface area contributed by atoms with Crippen LogP contribution in [-0.2, 0) is 11.2 Å². The summed E-state index contributed by atoms with van der Waals surface area (Å²) in [6.07, 6.45) is 3.36. The molecule has 1 heterocycles. The number of rotatable bonds is 4. The van der Waals surface area contributed by atoms with Crippen LogP contribution in [0.15, 0.2) is 36.7 Å². The number of hydrogen-bond donors (Lipinski definition) is 0. The highest BCUT2D eigenvalue weighted by Crippen LogP contribution is 2.07. The lowest BCUT2D eigenvalue weighted by atomic mass is 10.1. The standard InChI is InChI=1S/C14H13FN2O2/c1-2-19-14(18)11-8-16-13(17-9-11)7-10-3-5-12(15)6-4-10/h3-6,8-9H,2,7H2,1H3. The van der Waals surface area contributed by atoms with Crippen molar-refractivity contribution < 1.29 is 13.9 Å². The number of halogens is 1. The van der Waals surface area contributed by atoms with Gasteiger partial charge >= 0.3 is 5.97 Å². The Labute approximate surface area is 110 Å². The van der Waals surface area contributed by atoms with E-state index >= 15 is 0 Å². The zero-order valence-corrected chi connectivity index (χ0v) is 10.5. The molecule has 0 spiro atoms. The molecule has 0 saturated carbocycles. The predicted octanol–water partition coefficient (Wildman–Crippen LogP) is 2.38. The Bertz CT molecular complexity index is 553. The first kappa shape index (κ1) is 13.1. The summed E-state index contributed by atoms with van der Waals surface area (Å²) in [4.78, 5) is 19.6. The van der Waals surface area contributed by atoms with Crippen molar-refractivity contribution in [1.29, 1.82) is 0 Å². The van der Waals surface area contributed by atoms with Gasteiger partial charge in [-0.25, -0.2) is 19.2 Å². The van der Waals surface area contributed by atoms with Crippen LogP contribution in [0.4, 0.5) is 4.39 Å². The molecule has 4 nitrogen and oxygen atoms in total. The maximum Gasteiger partial charge on any atom is 0.341 e. The monoisotopic (exact) mass is 260 g/mol. The summed E-state index contributed by atoms with van der Waals surface area (Å²) >= 11 is 0. The Morgan fingerprint density at radius 1 is 1.21 bits per heavy atom. The van der Waals surface area contributed by atoms with E-state index in [1.807, 2.05) is 0 Å². The number of carbonyl (C=O) groups is 1. The molecule has 98 valence electrons. The van der Waals surface area contributed by atoms with E-state index in [2.05, 4.69) is 9.97 Å². The highest BCUT2D eigenvalue weighted by Gasteiger charge is 2.08. The molecule has 2 rings (SSSR count). The van der Waals surface area contributed by atoms with Gasteiger partial charge in [0.1, 0.15) is 11.6 Å². The van der Waals surface area contributed by atoms with Crippen molar-refractivity contribution in [2.24, 2.45) is 0 Å². The van der Waals surface area contributed by atoms with Crippen LogP contribution in [0, 0.1) is 5.82 Å². The summed E-state index contributed by atoms with van der Waals surface area (Å²) in [6.45, 7) is 2.05. The molecular formula is C14H13FN2O2. The van der Waals surface area contributed by atoms with Crippen LogP contribution in [0.5, 0.6) is 0 Å². The summed E-state index contributed by atoms with van der Waals surface area (Å²) in [5.74, 6) is -0.141. The lowest BCUT2D eigenvalue weighted by Gasteiger charge is -2.03. The molecular weight excluding hydrogens is 247 g/mol. The SMILES string of the molecule is CCOC(=O)c1cnc(Cc2ccc(F)cc2)nc1. The second-order valence-corrected chi connectivity index (χ2v) is 3.91. The summed E-state index contributed by atoms with van der Waals surface area (Å²) in [5.41, 5.74) is 1.23. The second kappa shape index (κ2) is 6.04. The van der Waals surface area contributed by atoms with Crippen molar-refractivity contribution in [3.05, 3.63) is 59.4 Å². The molecule has 0 fully saturated rings. The molecule has 0 saturated heterocycles. The number of benzene rings is 1. The van der Waals surface area contributed by atoms with Crippen LogP contribution < -0.4 is 0 Å². The lowest BCUT2D eigenvalue weighted by molar-refractivity contribution is 0.0525. The van der Waals surface area contributed by atoms with Crippen LogP contribution in [0.1, 0.15) is 28.7 Å². The zero-order chi connectivity index (χ0) is 13.7. The first-order chi connectivity index (χ1) is 9.19. The fourth-order valence-corrected chi connectivity index (χ4v) is 1.55. The van der Waals surface area contributed by atoms with E-state index < -0.39 is 5.97 Å². The summed E-state index contributed by atoms with van der Waals surface area (Å²) in [6, 6.07) is 6.14. The van der Waals surface area contributed by atoms with Gasteiger partial charge in [0, 0.05) is 18.8 Å². The number of aromatic nitrogens is 2. The van der Waals surface area contributed by atoms with Gasteiger partial charge in [-0.15, -0.1) is 0 Å². The van der Waals surface area contributed by atoms with Gasteiger partial charge in [0.2, 0.25) is 0 Å². The van der Waals surface area contributed by atoms with Gasteiger partial charge in [0.05, 0.1) is 12.2 Å². The van der Waals surface area contributed by atoms with Crippen LogP contribution in [-0.4, -0.2) is 22.5 Å². The molecule has 0 aliphatic rings. The van der Waals surface area contributed by atoms with Gasteiger partial charge < -0.3 is 4.74 Å². The predicted molar refractivity (Wildman–Crippen MR) is 67.2 cm³/mol. The summed E-state index contributed by atoms with van der Waals surface area (Å²) < 4.78 is 17.6. The molecule has 0 aliphatic heterocycles. The molecule has 0 aliphatic carbocycles. The zero-order valence-electron chi connectivity index (χ0n) is 10.5. The average molecular weight is 260 g/mol. The van der Waals surface area contributed by atoms with Crippen LogP contribution in [0.3, 0.4) is 0 Å². The molecule has 1 aromatic heterocycles. The van der Waals surface area contributed by atoms with Gasteiger partial charge in [-0.1, -0.05) is 12.1 Å². The summed E-state index contributed by atoms with van der Waals surface area (Å²) in [5, 5.41) is 0. The number of hydrogen-bond acceptors (Lipinski definition) is 4. The van der Waals surface area contributed by atoms with Crippen LogP contribution >= 0.6 is 0 Å². The molecule has 0 amide bonds. The van der Waals surface area contributed by atoms with Crippen molar-refractivity contribution in [1.82, 2.24) is 9.97 Å². The smallest absolute Gasteiger partial charge is 0.341 e. The molecule has 0 unspecified atom stereocenters. The van der Waals surface area contributed by atoms with E-state index in [-0.39, 0.29) is 5.82 Å². The maximum absolute atomic E-state index is 12.8. The van der Waals surface area contributed by atoms with Crippen molar-refractivity contribution >= 4 is 5.97 Å². The third-order valence-electron chi connectivity index (χ3n) is 2.49. The van der Waals surface area contributed by atoms with E-state index in [1.54, 1.807) is 19.1 Å². The van der Waals surface area contributed by atoms with Crippen LogP contribution in [0.2, 0.25) is 0 Å². The third kappa shape index (κ3) is 3.58. The normalized spacial score (nSPS) is 10.2. The molecule has 2 aromatic rings. The first-order valence-electron chi connectivity index (χ1n) is 5.91. The van der Waals surface area contributed by atoms with Crippen molar-refractivity contribution in [3.63, 3.8) is 0 Å². The molecule has 0 atom stereocenters. The van der Waals surface area contributed by atoms with Gasteiger partial charge in [-0.3, -0.25) is 0 Å². The van der Waals surface area contributed by atoms with E-state index in [1.165, 1.54) is 24.5 Å². The minimum Gasteiger partial charge on any atom is -0.462 e. The first-order valence-corrected chi connectivity index (χ1v) is 5.91. The largest absolute Gasteiger partial charge is 0.462 e. The molecule has 0 N–H and O–H groups in total. The molecule has 5 heteroatoms. The Morgan fingerprint density at radius 2 is 1.84 bits per heavy atom. The van der Waals surface area contributed by atoms with E-state index in [0.29, 0.717) is 24.4 Å². The fourth-order valence-electron chi connectivity index (χ4n) is 1.55. The highest BCUT2D eigenvalue weighted by molar-refractivity contribution is 5.88. The van der Waals surface area contributed by atoms with E-state index in [9.17, 15) is 9.18 Å². The maximum atomic E-state index is 12.8. The number of esters is 1. The Hall–Kier alpha value is -2.30. The van der Waals surface area contributed by atoms with E-state index in [4.69, 9.17) is 4.74 Å². The topological polar surface area (TPSA) is 52.1 Å². The second-order valence-electron chi connectivity index (χ2n) is 3.91. The van der Waals surface area contributed by atoms with Gasteiger partial charge in [0.25, 0.3) is 0 Å². The number of carbonyl (C=O) groups excluding carboxylic acids is 1. The fraction of sp³-hybridized carbons (Fsp3) is 0.214. The van der Waals surface area contributed by atoms with Crippen molar-refractivity contribution in [3.8, 4) is 0 Å². The molecule has 0 bridgehead atoms. The highest BCUT2D eigenvalue weighted by atomic mass is 19.1. The lowest BCUT2D eigenvalue weighted by Crippen LogP contribution is -2.07. The molecule has 1 aromatic carbocycles. The molecule has 19 heavy (non-hydrogen) atoms. The minimum absolute atomic E-state index is 0.276.